The van der Waals surface area contributed by atoms with Crippen LogP contribution in [0.3, 0.4) is 0 Å². The summed E-state index contributed by atoms with van der Waals surface area (Å²) >= 11 is 5.79. The van der Waals surface area contributed by atoms with Crippen LogP contribution in [0.15, 0.2) is 36.4 Å². The van der Waals surface area contributed by atoms with E-state index in [1.54, 1.807) is 0 Å². The van der Waals surface area contributed by atoms with Gasteiger partial charge in [-0.05, 0) is 30.2 Å². The summed E-state index contributed by atoms with van der Waals surface area (Å²) in [5.41, 5.74) is 6.04. The smallest absolute Gasteiger partial charge is 0.142 e. The summed E-state index contributed by atoms with van der Waals surface area (Å²) in [6.07, 6.45) is -0.0956. The second-order valence-corrected chi connectivity index (χ2v) is 4.53. The first-order chi connectivity index (χ1) is 9.00. The van der Waals surface area contributed by atoms with Crippen molar-refractivity contribution in [2.45, 2.75) is 12.5 Å². The third-order valence-corrected chi connectivity index (χ3v) is 3.27. The number of halogens is 4. The first kappa shape index (κ1) is 13.9. The van der Waals surface area contributed by atoms with E-state index < -0.39 is 23.5 Å². The molecule has 100 valence electrons. The summed E-state index contributed by atoms with van der Waals surface area (Å²) in [6, 6.07) is 6.98. The molecule has 1 nitrogen and oxygen atoms in total. The second kappa shape index (κ2) is 5.63. The van der Waals surface area contributed by atoms with Crippen LogP contribution in [-0.4, -0.2) is 0 Å². The van der Waals surface area contributed by atoms with Crippen molar-refractivity contribution in [1.29, 1.82) is 0 Å². The lowest BCUT2D eigenvalue weighted by Crippen LogP contribution is -2.16. The molecule has 0 spiro atoms. The number of rotatable bonds is 3. The van der Waals surface area contributed by atoms with Gasteiger partial charge in [-0.1, -0.05) is 29.8 Å². The lowest BCUT2D eigenvalue weighted by atomic mass is 9.99. The normalized spacial score (nSPS) is 12.5. The maximum Gasteiger partial charge on any atom is 0.142 e. The number of benzene rings is 2. The van der Waals surface area contributed by atoms with E-state index in [2.05, 4.69) is 0 Å². The van der Waals surface area contributed by atoms with Gasteiger partial charge in [-0.25, -0.2) is 13.2 Å². The second-order valence-electron chi connectivity index (χ2n) is 4.15. The van der Waals surface area contributed by atoms with E-state index in [-0.39, 0.29) is 17.0 Å². The van der Waals surface area contributed by atoms with E-state index in [1.807, 2.05) is 0 Å². The van der Waals surface area contributed by atoms with Crippen molar-refractivity contribution < 1.29 is 13.2 Å². The zero-order valence-corrected chi connectivity index (χ0v) is 10.6. The van der Waals surface area contributed by atoms with Crippen molar-refractivity contribution in [2.24, 2.45) is 5.73 Å². The van der Waals surface area contributed by atoms with Crippen molar-refractivity contribution >= 4 is 11.6 Å². The maximum atomic E-state index is 13.5. The molecule has 0 heterocycles. The van der Waals surface area contributed by atoms with Crippen molar-refractivity contribution in [3.8, 4) is 0 Å². The van der Waals surface area contributed by atoms with Gasteiger partial charge in [0.25, 0.3) is 0 Å². The molecule has 2 aromatic rings. The topological polar surface area (TPSA) is 26.0 Å². The Morgan fingerprint density at radius 3 is 2.11 bits per heavy atom. The van der Waals surface area contributed by atoms with Crippen molar-refractivity contribution in [3.63, 3.8) is 0 Å². The first-order valence-electron chi connectivity index (χ1n) is 5.63. The number of hydrogen-bond acceptors (Lipinski definition) is 1. The van der Waals surface area contributed by atoms with Crippen LogP contribution in [0.5, 0.6) is 0 Å². The highest BCUT2D eigenvalue weighted by molar-refractivity contribution is 6.31. The van der Waals surface area contributed by atoms with Gasteiger partial charge >= 0.3 is 0 Å². The Kier molecular flexibility index (Phi) is 4.12. The first-order valence-corrected chi connectivity index (χ1v) is 6.01. The van der Waals surface area contributed by atoms with Crippen molar-refractivity contribution in [2.75, 3.05) is 0 Å². The minimum Gasteiger partial charge on any atom is -0.324 e. The van der Waals surface area contributed by atoms with E-state index >= 15 is 0 Å². The Morgan fingerprint density at radius 2 is 1.47 bits per heavy atom. The molecule has 2 rings (SSSR count). The highest BCUT2D eigenvalue weighted by Gasteiger charge is 2.17. The Hall–Kier alpha value is -1.52. The molecule has 0 saturated heterocycles. The summed E-state index contributed by atoms with van der Waals surface area (Å²) in [5.74, 6) is -1.96. The molecule has 0 fully saturated rings. The predicted molar refractivity (Wildman–Crippen MR) is 68.4 cm³/mol. The van der Waals surface area contributed by atoms with Gasteiger partial charge in [-0.15, -0.1) is 0 Å². The fourth-order valence-corrected chi connectivity index (χ4v) is 2.13. The summed E-state index contributed by atoms with van der Waals surface area (Å²) in [5, 5.41) is -0.119. The monoisotopic (exact) mass is 285 g/mol. The van der Waals surface area contributed by atoms with Crippen LogP contribution in [0, 0.1) is 17.5 Å². The summed E-state index contributed by atoms with van der Waals surface area (Å²) in [7, 11) is 0. The van der Waals surface area contributed by atoms with Crippen LogP contribution in [-0.2, 0) is 6.42 Å². The van der Waals surface area contributed by atoms with Gasteiger partial charge in [0, 0.05) is 11.6 Å². The van der Waals surface area contributed by atoms with Crippen LogP contribution in [0.1, 0.15) is 17.2 Å². The van der Waals surface area contributed by atoms with Crippen LogP contribution in [0.4, 0.5) is 13.2 Å². The Balaban J connectivity index is 2.31. The minimum absolute atomic E-state index is 0.0956. The van der Waals surface area contributed by atoms with Gasteiger partial charge in [0.2, 0.25) is 0 Å². The zero-order valence-electron chi connectivity index (χ0n) is 9.84. The van der Waals surface area contributed by atoms with E-state index in [4.69, 9.17) is 17.3 Å². The highest BCUT2D eigenvalue weighted by atomic mass is 35.5. The molecular formula is C14H11ClF3N. The molecule has 0 aromatic heterocycles. The third-order valence-electron chi connectivity index (χ3n) is 2.87. The SMILES string of the molecule is NC(Cc1c(F)cccc1F)c1cccc(F)c1Cl. The van der Waals surface area contributed by atoms with Gasteiger partial charge in [-0.3, -0.25) is 0 Å². The maximum absolute atomic E-state index is 13.5. The fraction of sp³-hybridized carbons (Fsp3) is 0.143. The summed E-state index contributed by atoms with van der Waals surface area (Å²) in [6.45, 7) is 0. The fourth-order valence-electron chi connectivity index (χ4n) is 1.86. The van der Waals surface area contributed by atoms with E-state index in [1.165, 1.54) is 24.3 Å². The Bertz CT molecular complexity index is 581. The average molecular weight is 286 g/mol. The lowest BCUT2D eigenvalue weighted by molar-refractivity contribution is 0.539. The molecule has 1 atom stereocenters. The van der Waals surface area contributed by atoms with Gasteiger partial charge in [-0.2, -0.15) is 0 Å². The molecule has 2 N–H and O–H groups in total. The van der Waals surface area contributed by atoms with Gasteiger partial charge in [0.15, 0.2) is 0 Å². The quantitative estimate of drug-likeness (QED) is 0.906. The molecule has 0 aliphatic carbocycles. The van der Waals surface area contributed by atoms with Crippen molar-refractivity contribution in [3.05, 3.63) is 70.0 Å². The number of nitrogens with two attached hydrogens (primary N) is 1. The molecular weight excluding hydrogens is 275 g/mol. The summed E-state index contributed by atoms with van der Waals surface area (Å²) in [4.78, 5) is 0. The molecule has 0 saturated carbocycles. The third kappa shape index (κ3) is 2.91. The lowest BCUT2D eigenvalue weighted by Gasteiger charge is -2.15. The molecule has 0 bridgehead atoms. The van der Waals surface area contributed by atoms with E-state index in [0.717, 1.165) is 12.1 Å². The van der Waals surface area contributed by atoms with Crippen LogP contribution in [0.25, 0.3) is 0 Å². The van der Waals surface area contributed by atoms with E-state index in [9.17, 15) is 13.2 Å². The zero-order chi connectivity index (χ0) is 14.0. The molecule has 19 heavy (non-hydrogen) atoms. The van der Waals surface area contributed by atoms with Crippen LogP contribution >= 0.6 is 11.6 Å². The minimum atomic E-state index is -0.783. The van der Waals surface area contributed by atoms with Crippen LogP contribution < -0.4 is 5.73 Å². The standard InChI is InChI=1S/C14H11ClF3N/c15-14-8(3-1-6-12(14)18)13(19)7-9-10(16)4-2-5-11(9)17/h1-6,13H,7,19H2. The van der Waals surface area contributed by atoms with Crippen molar-refractivity contribution in [1.82, 2.24) is 0 Å². The largest absolute Gasteiger partial charge is 0.324 e. The Morgan fingerprint density at radius 1 is 0.947 bits per heavy atom. The van der Waals surface area contributed by atoms with Gasteiger partial charge < -0.3 is 5.73 Å². The summed E-state index contributed by atoms with van der Waals surface area (Å²) < 4.78 is 40.3. The van der Waals surface area contributed by atoms with E-state index in [0.29, 0.717) is 5.56 Å². The molecule has 1 unspecified atom stereocenters. The highest BCUT2D eigenvalue weighted by Crippen LogP contribution is 2.27. The average Bonchev–Trinajstić information content (AvgIpc) is 2.37. The molecule has 0 aliphatic rings. The molecule has 2 aromatic carbocycles. The molecule has 0 aliphatic heterocycles. The molecule has 0 amide bonds. The Labute approximate surface area is 113 Å². The van der Waals surface area contributed by atoms with Gasteiger partial charge in [0.05, 0.1) is 5.02 Å². The number of hydrogen-bond donors (Lipinski definition) is 1. The van der Waals surface area contributed by atoms with Crippen LogP contribution in [0.2, 0.25) is 5.02 Å². The predicted octanol–water partition coefficient (Wildman–Crippen LogP) is 4.00. The van der Waals surface area contributed by atoms with Gasteiger partial charge in [0.1, 0.15) is 17.5 Å². The molecule has 0 radical (unpaired) electrons. The molecule has 5 heteroatoms.